The lowest BCUT2D eigenvalue weighted by Crippen LogP contribution is -2.16. The monoisotopic (exact) mass is 522 g/mol. The largest absolute Gasteiger partial charge is 0.743 e. The Kier molecular flexibility index (Phi) is 6.82. The van der Waals surface area contributed by atoms with Crippen molar-refractivity contribution >= 4 is 74.9 Å². The SMILES string of the molecule is c1ccc(-c2nc3ccccc3s2)c([O][Al][O][Al][O]c2ccccc2-c2nc3ccccc3s2)c1. The van der Waals surface area contributed by atoms with E-state index in [0.29, 0.717) is 0 Å². The van der Waals surface area contributed by atoms with Gasteiger partial charge in [-0.25, -0.2) is 9.97 Å². The third-order valence-corrected chi connectivity index (χ3v) is 9.01. The second kappa shape index (κ2) is 10.5. The number of fused-ring (bicyclic) bond motifs is 2. The fraction of sp³-hybridized carbons (Fsp3) is 0. The zero-order valence-electron chi connectivity index (χ0n) is 18.3. The van der Waals surface area contributed by atoms with Gasteiger partial charge in [-0.05, 0) is 48.5 Å². The van der Waals surface area contributed by atoms with E-state index >= 15 is 0 Å². The van der Waals surface area contributed by atoms with Gasteiger partial charge in [-0.1, -0.05) is 48.5 Å². The van der Waals surface area contributed by atoms with Crippen molar-refractivity contribution in [3.8, 4) is 32.6 Å². The van der Waals surface area contributed by atoms with Crippen molar-refractivity contribution in [2.24, 2.45) is 0 Å². The number of aromatic nitrogens is 2. The highest BCUT2D eigenvalue weighted by atomic mass is 32.1. The Hall–Kier alpha value is -2.72. The summed E-state index contributed by atoms with van der Waals surface area (Å²) >= 11 is 1.86. The van der Waals surface area contributed by atoms with Crippen LogP contribution in [0.25, 0.3) is 41.6 Å². The van der Waals surface area contributed by atoms with Crippen molar-refractivity contribution in [3.63, 3.8) is 0 Å². The molecule has 0 amide bonds. The summed E-state index contributed by atoms with van der Waals surface area (Å²) in [7, 11) is 0. The Bertz CT molecular complexity index is 1430. The number of thiazole rings is 2. The summed E-state index contributed by atoms with van der Waals surface area (Å²) in [6.45, 7) is 0. The van der Waals surface area contributed by atoms with Crippen molar-refractivity contribution in [3.05, 3.63) is 97.1 Å². The van der Waals surface area contributed by atoms with Crippen molar-refractivity contribution in [1.29, 1.82) is 0 Å². The van der Waals surface area contributed by atoms with Crippen LogP contribution < -0.4 is 7.58 Å². The van der Waals surface area contributed by atoms with Crippen LogP contribution in [0.5, 0.6) is 11.5 Å². The van der Waals surface area contributed by atoms with Crippen molar-refractivity contribution < 1.29 is 10.4 Å². The lowest BCUT2D eigenvalue weighted by atomic mass is 10.2. The minimum absolute atomic E-state index is 0.727. The first-order valence-electron chi connectivity index (χ1n) is 10.9. The number of para-hydroxylation sites is 4. The molecule has 2 heterocycles. The predicted molar refractivity (Wildman–Crippen MR) is 144 cm³/mol. The van der Waals surface area contributed by atoms with E-state index in [0.717, 1.165) is 53.1 Å². The molecule has 6 rings (SSSR count). The summed E-state index contributed by atoms with van der Waals surface area (Å²) in [5, 5.41) is 1.88. The van der Waals surface area contributed by atoms with Crippen LogP contribution in [0, 0.1) is 0 Å². The molecule has 0 aliphatic heterocycles. The quantitative estimate of drug-likeness (QED) is 0.163. The van der Waals surface area contributed by atoms with Crippen LogP contribution in [0.3, 0.4) is 0 Å². The fourth-order valence-electron chi connectivity index (χ4n) is 3.65. The number of hydrogen-bond donors (Lipinski definition) is 0. The summed E-state index contributed by atoms with van der Waals surface area (Å²) in [5.74, 6) is 1.55. The molecular weight excluding hydrogens is 506 g/mol. The zero-order valence-corrected chi connectivity index (χ0v) is 22.3. The zero-order chi connectivity index (χ0) is 23.5. The molecular formula is C26H16Al2N2O3S2. The standard InChI is InChI=1S/2C13H9NOS.2Al.O/c2*15-11-7-3-1-5-9(11)13-14-10-6-2-4-8-12(10)16-13;;;/h2*1-8,15H;;;/q;;2*+1;/p-2. The van der Waals surface area contributed by atoms with Gasteiger partial charge in [0.1, 0.15) is 10.0 Å². The Balaban J connectivity index is 1.11. The third kappa shape index (κ3) is 5.00. The van der Waals surface area contributed by atoms with Crippen LogP contribution in [0.2, 0.25) is 0 Å². The number of hydrogen-bond acceptors (Lipinski definition) is 7. The van der Waals surface area contributed by atoms with Gasteiger partial charge in [0.05, 0.1) is 31.9 Å². The smallest absolute Gasteiger partial charge is 0.627 e. The van der Waals surface area contributed by atoms with Crippen molar-refractivity contribution in [2.45, 2.75) is 0 Å². The number of rotatable bonds is 8. The van der Waals surface area contributed by atoms with Crippen LogP contribution in [-0.2, 0) is 2.84 Å². The molecule has 0 bridgehead atoms. The molecule has 9 heteroatoms. The summed E-state index contributed by atoms with van der Waals surface area (Å²) in [6.07, 6.45) is 0. The molecule has 0 unspecified atom stereocenters. The van der Waals surface area contributed by atoms with Gasteiger partial charge in [0.2, 0.25) is 0 Å². The molecule has 0 saturated heterocycles. The molecule has 2 radical (unpaired) electrons. The summed E-state index contributed by atoms with van der Waals surface area (Å²) in [5.41, 5.74) is 3.94. The van der Waals surface area contributed by atoms with Crippen LogP contribution in [0.1, 0.15) is 0 Å². The van der Waals surface area contributed by atoms with Gasteiger partial charge in [0.25, 0.3) is 0 Å². The van der Waals surface area contributed by atoms with Gasteiger partial charge in [-0.3, -0.25) is 0 Å². The Morgan fingerprint density at radius 1 is 0.514 bits per heavy atom. The van der Waals surface area contributed by atoms with Crippen LogP contribution >= 0.6 is 22.7 Å². The van der Waals surface area contributed by atoms with Gasteiger partial charge in [0, 0.05) is 11.1 Å². The van der Waals surface area contributed by atoms with E-state index in [4.69, 9.17) is 20.4 Å². The van der Waals surface area contributed by atoms with Crippen LogP contribution in [0.15, 0.2) is 97.1 Å². The van der Waals surface area contributed by atoms with Gasteiger partial charge in [-0.2, -0.15) is 0 Å². The topological polar surface area (TPSA) is 53.5 Å². The average Bonchev–Trinajstić information content (AvgIpc) is 3.53. The van der Waals surface area contributed by atoms with Gasteiger partial charge in [-0.15, -0.1) is 22.7 Å². The van der Waals surface area contributed by atoms with Gasteiger partial charge >= 0.3 is 31.8 Å². The maximum atomic E-state index is 6.04. The second-order valence-corrected chi connectivity index (χ2v) is 11.5. The van der Waals surface area contributed by atoms with E-state index in [1.807, 2.05) is 84.9 Å². The van der Waals surface area contributed by atoms with Crippen LogP contribution in [-0.4, -0.2) is 41.7 Å². The normalized spacial score (nSPS) is 11.0. The third-order valence-electron chi connectivity index (χ3n) is 5.28. The lowest BCUT2D eigenvalue weighted by molar-refractivity contribution is 0.418. The first-order valence-corrected chi connectivity index (χ1v) is 14.4. The van der Waals surface area contributed by atoms with E-state index in [1.165, 1.54) is 0 Å². The Morgan fingerprint density at radius 3 is 1.43 bits per heavy atom. The highest BCUT2D eigenvalue weighted by Gasteiger charge is 2.16. The molecule has 35 heavy (non-hydrogen) atoms. The average molecular weight is 523 g/mol. The molecule has 6 aromatic rings. The van der Waals surface area contributed by atoms with Crippen molar-refractivity contribution in [1.82, 2.24) is 9.97 Å². The summed E-state index contributed by atoms with van der Waals surface area (Å²) < 4.78 is 20.2. The summed E-state index contributed by atoms with van der Waals surface area (Å²) in [4.78, 5) is 9.53. The number of nitrogens with zero attached hydrogens (tertiary/aromatic N) is 2. The minimum Gasteiger partial charge on any atom is -0.627 e. The number of benzene rings is 4. The van der Waals surface area contributed by atoms with E-state index in [-0.39, 0.29) is 0 Å². The Morgan fingerprint density at radius 2 is 0.943 bits per heavy atom. The molecule has 0 saturated carbocycles. The fourth-order valence-corrected chi connectivity index (χ4v) is 6.88. The van der Waals surface area contributed by atoms with E-state index in [2.05, 4.69) is 12.1 Å². The van der Waals surface area contributed by atoms with Gasteiger partial charge < -0.3 is 10.4 Å². The highest BCUT2D eigenvalue weighted by Crippen LogP contribution is 2.36. The molecule has 0 atom stereocenters. The van der Waals surface area contributed by atoms with E-state index in [9.17, 15) is 0 Å². The van der Waals surface area contributed by atoms with E-state index < -0.39 is 31.8 Å². The van der Waals surface area contributed by atoms with E-state index in [1.54, 1.807) is 22.7 Å². The second-order valence-electron chi connectivity index (χ2n) is 7.53. The predicted octanol–water partition coefficient (Wildman–Crippen LogP) is 6.78. The molecule has 0 fully saturated rings. The molecule has 0 aliphatic carbocycles. The maximum Gasteiger partial charge on any atom is 0.743 e. The minimum atomic E-state index is -0.727. The molecule has 2 aromatic heterocycles. The molecule has 0 N–H and O–H groups in total. The molecule has 4 aromatic carbocycles. The van der Waals surface area contributed by atoms with Crippen molar-refractivity contribution in [2.75, 3.05) is 0 Å². The van der Waals surface area contributed by atoms with Gasteiger partial charge in [0.15, 0.2) is 0 Å². The molecule has 0 aliphatic rings. The van der Waals surface area contributed by atoms with Crippen LogP contribution in [0.4, 0.5) is 0 Å². The molecule has 166 valence electrons. The maximum absolute atomic E-state index is 6.04. The molecule has 5 nitrogen and oxygen atoms in total. The summed E-state index contributed by atoms with van der Waals surface area (Å²) in [6, 6.07) is 32.2. The lowest BCUT2D eigenvalue weighted by Gasteiger charge is -2.12. The highest BCUT2D eigenvalue weighted by molar-refractivity contribution is 7.22. The first kappa shape index (κ1) is 22.7. The first-order chi connectivity index (χ1) is 17.3. The Labute approximate surface area is 223 Å². The molecule has 0 spiro atoms.